The van der Waals surface area contributed by atoms with Gasteiger partial charge in [-0.3, -0.25) is 0 Å². The van der Waals surface area contributed by atoms with Crippen LogP contribution in [-0.4, -0.2) is 14.2 Å². The van der Waals surface area contributed by atoms with E-state index in [0.717, 1.165) is 41.7 Å². The molecule has 0 saturated carbocycles. The summed E-state index contributed by atoms with van der Waals surface area (Å²) >= 11 is 3.74. The Labute approximate surface area is 158 Å². The molecule has 25 heavy (non-hydrogen) atoms. The smallest absolute Gasteiger partial charge is 0.178 e. The zero-order valence-electron chi connectivity index (χ0n) is 14.9. The first-order valence-corrected chi connectivity index (χ1v) is 9.95. The zero-order valence-corrected chi connectivity index (χ0v) is 16.5. The minimum absolute atomic E-state index is 0.796. The molecule has 0 bridgehead atoms. The third-order valence-electron chi connectivity index (χ3n) is 5.54. The van der Waals surface area contributed by atoms with Gasteiger partial charge >= 0.3 is 0 Å². The lowest BCUT2D eigenvalue weighted by Gasteiger charge is -2.26. The van der Waals surface area contributed by atoms with Crippen LogP contribution in [0.2, 0.25) is 0 Å². The predicted molar refractivity (Wildman–Crippen MR) is 104 cm³/mol. The number of rotatable bonds is 3. The van der Waals surface area contributed by atoms with E-state index in [9.17, 15) is 0 Å². The summed E-state index contributed by atoms with van der Waals surface area (Å²) in [5.41, 5.74) is 7.95. The first kappa shape index (κ1) is 16.8. The number of ether oxygens (including phenoxy) is 2. The van der Waals surface area contributed by atoms with Gasteiger partial charge in [-0.15, -0.1) is 0 Å². The molecule has 4 rings (SSSR count). The van der Waals surface area contributed by atoms with Crippen molar-refractivity contribution < 1.29 is 9.47 Å². The first-order chi connectivity index (χ1) is 12.2. The van der Waals surface area contributed by atoms with Gasteiger partial charge in [0.1, 0.15) is 5.75 Å². The lowest BCUT2D eigenvalue weighted by atomic mass is 9.81. The van der Waals surface area contributed by atoms with Crippen LogP contribution in [0.4, 0.5) is 0 Å². The fourth-order valence-electron chi connectivity index (χ4n) is 4.38. The van der Waals surface area contributed by atoms with Crippen LogP contribution in [0.1, 0.15) is 47.9 Å². The number of fused-ring (bicyclic) bond motifs is 2. The van der Waals surface area contributed by atoms with Gasteiger partial charge in [-0.1, -0.05) is 6.07 Å². The average molecular weight is 399 g/mol. The van der Waals surface area contributed by atoms with E-state index in [1.54, 1.807) is 14.2 Å². The first-order valence-electron chi connectivity index (χ1n) is 9.16. The van der Waals surface area contributed by atoms with Crippen molar-refractivity contribution in [1.82, 2.24) is 0 Å². The van der Waals surface area contributed by atoms with Crippen LogP contribution in [0.15, 0.2) is 10.5 Å². The van der Waals surface area contributed by atoms with Crippen LogP contribution in [0.3, 0.4) is 0 Å². The highest BCUT2D eigenvalue weighted by molar-refractivity contribution is 9.10. The summed E-state index contributed by atoms with van der Waals surface area (Å²) in [5.74, 6) is 1.72. The summed E-state index contributed by atoms with van der Waals surface area (Å²) in [7, 11) is 3.49. The summed E-state index contributed by atoms with van der Waals surface area (Å²) in [6.45, 7) is 0. The fraction of sp³-hybridized carbons (Fsp3) is 0.455. The SMILES string of the molecule is COc1c#cc2c(c1-c1c3c(cc(Br)c1OC)CCCC3)CCCC2. The molecule has 0 amide bonds. The second kappa shape index (κ2) is 6.92. The van der Waals surface area contributed by atoms with Gasteiger partial charge in [-0.2, -0.15) is 0 Å². The Balaban J connectivity index is 2.06. The number of benzene rings is 1. The summed E-state index contributed by atoms with van der Waals surface area (Å²) in [6, 6.07) is 8.87. The van der Waals surface area contributed by atoms with E-state index in [-0.39, 0.29) is 0 Å². The van der Waals surface area contributed by atoms with Crippen LogP contribution in [0, 0.1) is 12.1 Å². The maximum absolute atomic E-state index is 5.86. The van der Waals surface area contributed by atoms with Crippen molar-refractivity contribution in [2.75, 3.05) is 14.2 Å². The van der Waals surface area contributed by atoms with E-state index >= 15 is 0 Å². The predicted octanol–water partition coefficient (Wildman–Crippen LogP) is 5.49. The molecule has 0 heterocycles. The van der Waals surface area contributed by atoms with Gasteiger partial charge in [0.05, 0.1) is 18.7 Å². The van der Waals surface area contributed by atoms with Crippen molar-refractivity contribution in [2.24, 2.45) is 0 Å². The lowest BCUT2D eigenvalue weighted by Crippen LogP contribution is -2.10. The number of aryl methyl sites for hydroxylation is 1. The molecule has 2 aliphatic rings. The molecular weight excluding hydrogens is 376 g/mol. The maximum atomic E-state index is 5.86. The molecule has 0 aromatic heterocycles. The van der Waals surface area contributed by atoms with E-state index in [1.807, 2.05) is 0 Å². The Morgan fingerprint density at radius 2 is 1.56 bits per heavy atom. The van der Waals surface area contributed by atoms with E-state index in [1.165, 1.54) is 59.1 Å². The van der Waals surface area contributed by atoms with Gasteiger partial charge in [0.15, 0.2) is 5.75 Å². The van der Waals surface area contributed by atoms with Crippen molar-refractivity contribution in [1.29, 1.82) is 0 Å². The molecule has 0 fully saturated rings. The molecular formula is C22H23BrO2. The Hall–Kier alpha value is -1.66. The zero-order chi connectivity index (χ0) is 17.4. The monoisotopic (exact) mass is 398 g/mol. The molecule has 2 nitrogen and oxygen atoms in total. The van der Waals surface area contributed by atoms with Crippen LogP contribution >= 0.6 is 15.9 Å². The van der Waals surface area contributed by atoms with Crippen LogP contribution in [-0.2, 0) is 25.7 Å². The summed E-state index contributed by atoms with van der Waals surface area (Å²) in [5, 5.41) is 0. The molecule has 2 aromatic rings. The van der Waals surface area contributed by atoms with Crippen molar-refractivity contribution in [2.45, 2.75) is 51.4 Å². The molecule has 0 radical (unpaired) electrons. The van der Waals surface area contributed by atoms with Crippen LogP contribution < -0.4 is 9.47 Å². The lowest BCUT2D eigenvalue weighted by molar-refractivity contribution is 0.407. The standard InChI is InChI=1S/C22H23BrO2/c1-24-19-12-11-14-7-3-5-9-16(14)20(19)21-17-10-6-4-8-15(17)13-18(23)22(21)25-2/h13H,3-10H2,1-2H3. The summed E-state index contributed by atoms with van der Waals surface area (Å²) in [6.07, 6.45) is 9.35. The molecule has 0 saturated heterocycles. The molecule has 0 unspecified atom stereocenters. The minimum Gasteiger partial charge on any atom is -0.495 e. The topological polar surface area (TPSA) is 18.5 Å². The molecule has 0 spiro atoms. The summed E-state index contributed by atoms with van der Waals surface area (Å²) in [4.78, 5) is 0. The molecule has 0 N–H and O–H groups in total. The fourth-order valence-corrected chi connectivity index (χ4v) is 5.02. The largest absolute Gasteiger partial charge is 0.495 e. The molecule has 130 valence electrons. The Morgan fingerprint density at radius 1 is 0.840 bits per heavy atom. The molecule has 2 aliphatic carbocycles. The van der Waals surface area contributed by atoms with Gasteiger partial charge in [0.2, 0.25) is 0 Å². The Bertz CT molecular complexity index is 810. The van der Waals surface area contributed by atoms with Crippen molar-refractivity contribution >= 4 is 15.9 Å². The Kier molecular flexibility index (Phi) is 4.65. The number of hydrogen-bond acceptors (Lipinski definition) is 2. The molecule has 0 atom stereocenters. The van der Waals surface area contributed by atoms with E-state index in [0.29, 0.717) is 0 Å². The number of hydrogen-bond donors (Lipinski definition) is 0. The second-order valence-corrected chi connectivity index (χ2v) is 7.79. The van der Waals surface area contributed by atoms with E-state index in [4.69, 9.17) is 9.47 Å². The highest BCUT2D eigenvalue weighted by Gasteiger charge is 2.27. The minimum atomic E-state index is 0.796. The average Bonchev–Trinajstić information content (AvgIpc) is 2.66. The molecule has 0 aliphatic heterocycles. The van der Waals surface area contributed by atoms with Gasteiger partial charge in [-0.05, 0) is 96.1 Å². The maximum Gasteiger partial charge on any atom is 0.178 e. The van der Waals surface area contributed by atoms with E-state index in [2.05, 4.69) is 34.1 Å². The third-order valence-corrected chi connectivity index (χ3v) is 6.13. The normalized spacial score (nSPS) is 15.8. The van der Waals surface area contributed by atoms with Crippen molar-refractivity contribution in [3.8, 4) is 22.6 Å². The molecule has 2 aromatic carbocycles. The van der Waals surface area contributed by atoms with Crippen LogP contribution in [0.25, 0.3) is 11.1 Å². The highest BCUT2D eigenvalue weighted by atomic mass is 79.9. The summed E-state index contributed by atoms with van der Waals surface area (Å²) < 4.78 is 12.6. The van der Waals surface area contributed by atoms with Gasteiger partial charge in [0, 0.05) is 16.7 Å². The van der Waals surface area contributed by atoms with Crippen molar-refractivity contribution in [3.63, 3.8) is 0 Å². The van der Waals surface area contributed by atoms with Gasteiger partial charge in [-0.25, -0.2) is 0 Å². The number of methoxy groups -OCH3 is 2. The van der Waals surface area contributed by atoms with Crippen LogP contribution in [0.5, 0.6) is 11.5 Å². The third kappa shape index (κ3) is 2.81. The second-order valence-electron chi connectivity index (χ2n) is 6.93. The Morgan fingerprint density at radius 3 is 2.32 bits per heavy atom. The van der Waals surface area contributed by atoms with Crippen molar-refractivity contribution in [3.05, 3.63) is 44.9 Å². The van der Waals surface area contributed by atoms with Gasteiger partial charge < -0.3 is 9.47 Å². The highest BCUT2D eigenvalue weighted by Crippen LogP contribution is 2.48. The van der Waals surface area contributed by atoms with E-state index < -0.39 is 0 Å². The number of halogens is 1. The molecule has 3 heteroatoms. The quantitative estimate of drug-likeness (QED) is 0.680. The van der Waals surface area contributed by atoms with Gasteiger partial charge in [0.25, 0.3) is 0 Å².